The molecular weight excluding hydrogens is 264 g/mol. The van der Waals surface area contributed by atoms with Crippen LogP contribution in [-0.4, -0.2) is 22.4 Å². The van der Waals surface area contributed by atoms with E-state index in [1.807, 2.05) is 24.3 Å². The lowest BCUT2D eigenvalue weighted by molar-refractivity contribution is -0.185. The fourth-order valence-corrected chi connectivity index (χ4v) is 5.40. The Balaban J connectivity index is 1.75. The third kappa shape index (κ3) is 1.15. The summed E-state index contributed by atoms with van der Waals surface area (Å²) >= 11 is 0. The van der Waals surface area contributed by atoms with Gasteiger partial charge in [0.15, 0.2) is 0 Å². The van der Waals surface area contributed by atoms with Crippen LogP contribution in [0.1, 0.15) is 43.0 Å². The van der Waals surface area contributed by atoms with Gasteiger partial charge >= 0.3 is 0 Å². The molecule has 0 aromatic heterocycles. The molecular formula is C17H18N2O2. The maximum absolute atomic E-state index is 12.9. The molecule has 1 spiro atoms. The highest BCUT2D eigenvalue weighted by atomic mass is 16.2. The standard InChI is InChI=1S/C17H18N2O2/c1-16-7-6-10-8-12(16)15(21)19-14(20)11-4-2-3-5-13(11)18-17(10,19)9-16/h2-5,10,12,18H,6-9H2,1H3/t10-,12-,16-,17-/m1/s1. The number of nitrogens with one attached hydrogen (secondary N) is 1. The highest BCUT2D eigenvalue weighted by Gasteiger charge is 2.69. The number of hydrogen-bond acceptors (Lipinski definition) is 3. The molecule has 1 N–H and O–H groups in total. The fourth-order valence-electron chi connectivity index (χ4n) is 5.40. The molecule has 3 aliphatic heterocycles. The van der Waals surface area contributed by atoms with Crippen molar-refractivity contribution in [1.82, 2.24) is 4.90 Å². The summed E-state index contributed by atoms with van der Waals surface area (Å²) in [6.45, 7) is 2.23. The zero-order chi connectivity index (χ0) is 14.4. The summed E-state index contributed by atoms with van der Waals surface area (Å²) in [7, 11) is 0. The summed E-state index contributed by atoms with van der Waals surface area (Å²) in [6, 6.07) is 7.58. The van der Waals surface area contributed by atoms with Crippen molar-refractivity contribution in [3.63, 3.8) is 0 Å². The van der Waals surface area contributed by atoms with Crippen molar-refractivity contribution in [2.45, 2.75) is 38.3 Å². The molecule has 4 atom stereocenters. The van der Waals surface area contributed by atoms with E-state index in [0.717, 1.165) is 31.4 Å². The second-order valence-corrected chi connectivity index (χ2v) is 7.43. The monoisotopic (exact) mass is 282 g/mol. The Bertz CT molecular complexity index is 700. The van der Waals surface area contributed by atoms with Crippen LogP contribution in [-0.2, 0) is 4.79 Å². The first kappa shape index (κ1) is 11.8. The Morgan fingerprint density at radius 1 is 1.29 bits per heavy atom. The molecule has 7 rings (SSSR count). The minimum absolute atomic E-state index is 0.0362. The Hall–Kier alpha value is -1.84. The maximum Gasteiger partial charge on any atom is 0.264 e. The summed E-state index contributed by atoms with van der Waals surface area (Å²) < 4.78 is 0. The van der Waals surface area contributed by atoms with Crippen molar-refractivity contribution < 1.29 is 9.59 Å². The normalized spacial score (nSPS) is 42.6. The van der Waals surface area contributed by atoms with Crippen LogP contribution in [0.5, 0.6) is 0 Å². The van der Waals surface area contributed by atoms with Gasteiger partial charge < -0.3 is 5.32 Å². The van der Waals surface area contributed by atoms with Crippen molar-refractivity contribution >= 4 is 17.5 Å². The molecule has 5 fully saturated rings. The van der Waals surface area contributed by atoms with Gasteiger partial charge in [-0.2, -0.15) is 0 Å². The molecule has 6 aliphatic rings. The topological polar surface area (TPSA) is 49.4 Å². The molecule has 1 aromatic rings. The van der Waals surface area contributed by atoms with Crippen LogP contribution < -0.4 is 5.32 Å². The summed E-state index contributed by atoms with van der Waals surface area (Å²) in [5.74, 6) is 0.383. The van der Waals surface area contributed by atoms with Crippen LogP contribution in [0.3, 0.4) is 0 Å². The van der Waals surface area contributed by atoms with E-state index < -0.39 is 5.66 Å². The Kier molecular flexibility index (Phi) is 1.86. The third-order valence-electron chi connectivity index (χ3n) is 6.40. The first-order valence-corrected chi connectivity index (χ1v) is 7.81. The minimum atomic E-state index is -0.468. The molecule has 3 heterocycles. The van der Waals surface area contributed by atoms with Crippen molar-refractivity contribution in [2.75, 3.05) is 5.32 Å². The van der Waals surface area contributed by atoms with Crippen molar-refractivity contribution in [3.05, 3.63) is 29.8 Å². The molecule has 1 aromatic carbocycles. The number of benzene rings is 1. The van der Waals surface area contributed by atoms with Gasteiger partial charge in [0.1, 0.15) is 5.66 Å². The largest absolute Gasteiger partial charge is 0.361 e. The number of fused-ring (bicyclic) bond motifs is 2. The zero-order valence-corrected chi connectivity index (χ0v) is 12.1. The zero-order valence-electron chi connectivity index (χ0n) is 12.1. The van der Waals surface area contributed by atoms with E-state index in [1.165, 1.54) is 0 Å². The molecule has 2 saturated heterocycles. The predicted molar refractivity (Wildman–Crippen MR) is 77.5 cm³/mol. The van der Waals surface area contributed by atoms with Gasteiger partial charge in [0.05, 0.1) is 5.56 Å². The lowest BCUT2D eigenvalue weighted by Crippen LogP contribution is -2.78. The van der Waals surface area contributed by atoms with Crippen LogP contribution in [0, 0.1) is 17.3 Å². The molecule has 0 unspecified atom stereocenters. The lowest BCUT2D eigenvalue weighted by atomic mass is 9.48. The van der Waals surface area contributed by atoms with E-state index in [-0.39, 0.29) is 23.1 Å². The number of carbonyl (C=O) groups is 2. The summed E-state index contributed by atoms with van der Waals surface area (Å²) in [6.07, 6.45) is 4.07. The second kappa shape index (κ2) is 3.32. The van der Waals surface area contributed by atoms with Crippen LogP contribution >= 0.6 is 0 Å². The van der Waals surface area contributed by atoms with Gasteiger partial charge in [-0.3, -0.25) is 14.5 Å². The molecule has 4 bridgehead atoms. The lowest BCUT2D eigenvalue weighted by Gasteiger charge is -2.68. The van der Waals surface area contributed by atoms with Crippen molar-refractivity contribution in [3.8, 4) is 0 Å². The van der Waals surface area contributed by atoms with Gasteiger partial charge in [-0.05, 0) is 43.2 Å². The number of nitrogens with zero attached hydrogens (tertiary/aromatic N) is 1. The second-order valence-electron chi connectivity index (χ2n) is 7.43. The number of imide groups is 1. The van der Waals surface area contributed by atoms with Gasteiger partial charge in [0.2, 0.25) is 5.91 Å². The third-order valence-corrected chi connectivity index (χ3v) is 6.40. The molecule has 21 heavy (non-hydrogen) atoms. The van der Waals surface area contributed by atoms with Gasteiger partial charge in [-0.1, -0.05) is 19.1 Å². The maximum atomic E-state index is 12.9. The van der Waals surface area contributed by atoms with Gasteiger partial charge in [0.25, 0.3) is 5.91 Å². The predicted octanol–water partition coefficient (Wildman–Crippen LogP) is 2.62. The highest BCUT2D eigenvalue weighted by Crippen LogP contribution is 2.64. The number of piperidine rings is 2. The van der Waals surface area contributed by atoms with Crippen molar-refractivity contribution in [2.24, 2.45) is 17.3 Å². The number of carbonyl (C=O) groups excluding carboxylic acids is 2. The van der Waals surface area contributed by atoms with Gasteiger partial charge in [-0.25, -0.2) is 0 Å². The summed E-state index contributed by atoms with van der Waals surface area (Å²) in [4.78, 5) is 27.4. The quantitative estimate of drug-likeness (QED) is 0.744. The van der Waals surface area contributed by atoms with E-state index in [9.17, 15) is 9.59 Å². The van der Waals surface area contributed by atoms with E-state index >= 15 is 0 Å². The molecule has 4 nitrogen and oxygen atoms in total. The first-order valence-electron chi connectivity index (χ1n) is 7.81. The van der Waals surface area contributed by atoms with E-state index in [2.05, 4.69) is 12.2 Å². The summed E-state index contributed by atoms with van der Waals surface area (Å²) in [5.41, 5.74) is 1.11. The minimum Gasteiger partial charge on any atom is -0.361 e. The van der Waals surface area contributed by atoms with Crippen LogP contribution in [0.4, 0.5) is 5.69 Å². The van der Waals surface area contributed by atoms with Crippen molar-refractivity contribution in [1.29, 1.82) is 0 Å². The van der Waals surface area contributed by atoms with E-state index in [0.29, 0.717) is 11.5 Å². The highest BCUT2D eigenvalue weighted by molar-refractivity contribution is 6.12. The van der Waals surface area contributed by atoms with E-state index in [1.54, 1.807) is 4.90 Å². The SMILES string of the molecule is C[C@]12CC[C@@H]3C[C@@H]1C(=O)N1C(=O)c4ccccc4N[C@@]31C2. The van der Waals surface area contributed by atoms with E-state index in [4.69, 9.17) is 0 Å². The van der Waals surface area contributed by atoms with Gasteiger partial charge in [0, 0.05) is 17.5 Å². The van der Waals surface area contributed by atoms with Gasteiger partial charge in [-0.15, -0.1) is 0 Å². The number of para-hydroxylation sites is 1. The average Bonchev–Trinajstić information content (AvgIpc) is 2.46. The Labute approximate surface area is 123 Å². The molecule has 108 valence electrons. The Morgan fingerprint density at radius 2 is 2.10 bits per heavy atom. The number of rotatable bonds is 0. The fraction of sp³-hybridized carbons (Fsp3) is 0.529. The first-order chi connectivity index (χ1) is 10.1. The number of anilines is 1. The Morgan fingerprint density at radius 3 is 2.90 bits per heavy atom. The molecule has 3 aliphatic carbocycles. The summed E-state index contributed by atoms with van der Waals surface area (Å²) in [5, 5.41) is 3.60. The number of amides is 2. The smallest absolute Gasteiger partial charge is 0.264 e. The van der Waals surface area contributed by atoms with Crippen LogP contribution in [0.2, 0.25) is 0 Å². The molecule has 4 heteroatoms. The molecule has 2 amide bonds. The average molecular weight is 282 g/mol. The van der Waals surface area contributed by atoms with Crippen LogP contribution in [0.25, 0.3) is 0 Å². The molecule has 3 saturated carbocycles. The number of hydrogen-bond donors (Lipinski definition) is 1. The molecule has 0 radical (unpaired) electrons. The van der Waals surface area contributed by atoms with Crippen LogP contribution in [0.15, 0.2) is 24.3 Å².